The molecule has 0 spiro atoms. The Morgan fingerprint density at radius 3 is 3.17 bits per heavy atom. The van der Waals surface area contributed by atoms with Gasteiger partial charge in [0.05, 0.1) is 5.56 Å². The molecule has 2 N–H and O–H groups in total. The monoisotopic (exact) mass is 163 g/mol. The van der Waals surface area contributed by atoms with Crippen LogP contribution in [0.2, 0.25) is 0 Å². The van der Waals surface area contributed by atoms with Gasteiger partial charge in [0, 0.05) is 6.07 Å². The molecule has 12 heavy (non-hydrogen) atoms. The molecular formula is C7H5N3O2. The molecule has 0 saturated carbocycles. The molecule has 0 fully saturated rings. The maximum Gasteiger partial charge on any atom is 0.262 e. The lowest BCUT2D eigenvalue weighted by molar-refractivity contribution is 0.171. The average molecular weight is 163 g/mol. The molecule has 1 aliphatic rings. The highest BCUT2D eigenvalue weighted by Gasteiger charge is 2.17. The lowest BCUT2D eigenvalue weighted by atomic mass is 10.3. The first kappa shape index (κ1) is 6.73. The number of hydrogen-bond acceptors (Lipinski definition) is 5. The SMILES string of the molecule is N#Cc1cc2c(nc1N)OCO2. The van der Waals surface area contributed by atoms with Crippen molar-refractivity contribution < 1.29 is 9.47 Å². The van der Waals surface area contributed by atoms with Crippen molar-refractivity contribution >= 4 is 5.82 Å². The van der Waals surface area contributed by atoms with E-state index in [0.717, 1.165) is 0 Å². The third kappa shape index (κ3) is 0.820. The Morgan fingerprint density at radius 1 is 1.58 bits per heavy atom. The van der Waals surface area contributed by atoms with Crippen LogP contribution in [-0.2, 0) is 0 Å². The summed E-state index contributed by atoms with van der Waals surface area (Å²) in [5, 5.41) is 8.58. The van der Waals surface area contributed by atoms with Crippen LogP contribution in [0.1, 0.15) is 5.56 Å². The number of nitriles is 1. The van der Waals surface area contributed by atoms with Gasteiger partial charge in [-0.15, -0.1) is 0 Å². The van der Waals surface area contributed by atoms with Crippen LogP contribution in [0.15, 0.2) is 6.07 Å². The zero-order valence-corrected chi connectivity index (χ0v) is 6.07. The summed E-state index contributed by atoms with van der Waals surface area (Å²) in [6, 6.07) is 3.42. The van der Waals surface area contributed by atoms with Crippen molar-refractivity contribution in [3.63, 3.8) is 0 Å². The van der Waals surface area contributed by atoms with Crippen LogP contribution in [0.25, 0.3) is 0 Å². The summed E-state index contributed by atoms with van der Waals surface area (Å²) in [5.74, 6) is 0.994. The number of nitrogens with zero attached hydrogens (tertiary/aromatic N) is 2. The molecule has 0 saturated heterocycles. The highest BCUT2D eigenvalue weighted by atomic mass is 16.7. The number of aromatic nitrogens is 1. The Morgan fingerprint density at radius 2 is 2.42 bits per heavy atom. The van der Waals surface area contributed by atoms with Crippen LogP contribution in [0.3, 0.4) is 0 Å². The number of fused-ring (bicyclic) bond motifs is 1. The van der Waals surface area contributed by atoms with Crippen molar-refractivity contribution in [2.45, 2.75) is 0 Å². The summed E-state index contributed by atoms with van der Waals surface area (Å²) in [5.41, 5.74) is 5.74. The fraction of sp³-hybridized carbons (Fsp3) is 0.143. The van der Waals surface area contributed by atoms with Crippen LogP contribution >= 0.6 is 0 Å². The molecule has 0 amide bonds. The third-order valence-corrected chi connectivity index (χ3v) is 1.51. The maximum absolute atomic E-state index is 8.58. The summed E-state index contributed by atoms with van der Waals surface area (Å²) >= 11 is 0. The molecule has 0 atom stereocenters. The highest BCUT2D eigenvalue weighted by molar-refractivity contribution is 5.55. The van der Waals surface area contributed by atoms with Gasteiger partial charge in [-0.2, -0.15) is 10.2 Å². The molecule has 0 aromatic carbocycles. The molecule has 5 nitrogen and oxygen atoms in total. The first-order valence-corrected chi connectivity index (χ1v) is 3.27. The molecule has 2 rings (SSSR count). The third-order valence-electron chi connectivity index (χ3n) is 1.51. The first-order valence-electron chi connectivity index (χ1n) is 3.27. The number of hydrogen-bond donors (Lipinski definition) is 1. The molecule has 2 heterocycles. The minimum atomic E-state index is 0.136. The van der Waals surface area contributed by atoms with Gasteiger partial charge in [-0.25, -0.2) is 0 Å². The van der Waals surface area contributed by atoms with E-state index in [1.165, 1.54) is 6.07 Å². The van der Waals surface area contributed by atoms with Crippen molar-refractivity contribution in [3.8, 4) is 17.7 Å². The van der Waals surface area contributed by atoms with E-state index in [-0.39, 0.29) is 12.6 Å². The molecule has 60 valence electrons. The normalized spacial score (nSPS) is 12.6. The summed E-state index contributed by atoms with van der Waals surface area (Å²) in [6.07, 6.45) is 0. The first-order chi connectivity index (χ1) is 5.81. The van der Waals surface area contributed by atoms with Crippen molar-refractivity contribution in [3.05, 3.63) is 11.6 Å². The van der Waals surface area contributed by atoms with E-state index in [1.807, 2.05) is 6.07 Å². The van der Waals surface area contributed by atoms with E-state index < -0.39 is 0 Å². The summed E-state index contributed by atoms with van der Waals surface area (Å²) < 4.78 is 9.96. The molecule has 0 aliphatic carbocycles. The van der Waals surface area contributed by atoms with Gasteiger partial charge < -0.3 is 15.2 Å². The van der Waals surface area contributed by atoms with Gasteiger partial charge in [0.25, 0.3) is 5.88 Å². The van der Waals surface area contributed by atoms with E-state index >= 15 is 0 Å². The van der Waals surface area contributed by atoms with Gasteiger partial charge in [-0.1, -0.05) is 0 Å². The number of ether oxygens (including phenoxy) is 2. The minimum absolute atomic E-state index is 0.136. The number of pyridine rings is 1. The number of nitrogen functional groups attached to an aromatic ring is 1. The predicted molar refractivity (Wildman–Crippen MR) is 39.5 cm³/mol. The van der Waals surface area contributed by atoms with E-state index in [1.54, 1.807) is 0 Å². The zero-order chi connectivity index (χ0) is 8.55. The van der Waals surface area contributed by atoms with Gasteiger partial charge in [0.15, 0.2) is 5.75 Å². The Labute approximate surface area is 68.3 Å². The van der Waals surface area contributed by atoms with E-state index in [9.17, 15) is 0 Å². The Kier molecular flexibility index (Phi) is 1.27. The second kappa shape index (κ2) is 2.27. The smallest absolute Gasteiger partial charge is 0.262 e. The van der Waals surface area contributed by atoms with Crippen molar-refractivity contribution in [2.24, 2.45) is 0 Å². The zero-order valence-electron chi connectivity index (χ0n) is 6.07. The molecular weight excluding hydrogens is 158 g/mol. The van der Waals surface area contributed by atoms with Crippen molar-refractivity contribution in [1.29, 1.82) is 5.26 Å². The second-order valence-corrected chi connectivity index (χ2v) is 2.24. The fourth-order valence-electron chi connectivity index (χ4n) is 0.937. The van der Waals surface area contributed by atoms with Gasteiger partial charge in [-0.3, -0.25) is 0 Å². The molecule has 5 heteroatoms. The molecule has 1 aromatic heterocycles. The molecule has 0 bridgehead atoms. The van der Waals surface area contributed by atoms with Gasteiger partial charge in [-0.05, 0) is 0 Å². The Balaban J connectivity index is 2.59. The number of rotatable bonds is 0. The average Bonchev–Trinajstić information content (AvgIpc) is 2.49. The Hall–Kier alpha value is -1.96. The van der Waals surface area contributed by atoms with Crippen LogP contribution in [0.4, 0.5) is 5.82 Å². The van der Waals surface area contributed by atoms with Crippen molar-refractivity contribution in [2.75, 3.05) is 12.5 Å². The van der Waals surface area contributed by atoms with E-state index in [4.69, 9.17) is 20.5 Å². The van der Waals surface area contributed by atoms with Crippen LogP contribution in [0.5, 0.6) is 11.6 Å². The molecule has 0 radical (unpaired) electrons. The molecule has 1 aromatic rings. The van der Waals surface area contributed by atoms with Crippen LogP contribution in [-0.4, -0.2) is 11.8 Å². The lowest BCUT2D eigenvalue weighted by Crippen LogP contribution is -1.95. The highest BCUT2D eigenvalue weighted by Crippen LogP contribution is 2.32. The van der Waals surface area contributed by atoms with E-state index in [2.05, 4.69) is 4.98 Å². The number of nitrogens with two attached hydrogens (primary N) is 1. The van der Waals surface area contributed by atoms with Gasteiger partial charge >= 0.3 is 0 Å². The van der Waals surface area contributed by atoms with Gasteiger partial charge in [0.2, 0.25) is 6.79 Å². The number of anilines is 1. The fourth-order valence-corrected chi connectivity index (χ4v) is 0.937. The molecule has 1 aliphatic heterocycles. The minimum Gasteiger partial charge on any atom is -0.452 e. The largest absolute Gasteiger partial charge is 0.452 e. The van der Waals surface area contributed by atoms with Crippen LogP contribution in [0, 0.1) is 11.3 Å². The van der Waals surface area contributed by atoms with Crippen LogP contribution < -0.4 is 15.2 Å². The summed E-state index contributed by atoms with van der Waals surface area (Å²) in [4.78, 5) is 3.83. The Bertz CT molecular complexity index is 369. The maximum atomic E-state index is 8.58. The summed E-state index contributed by atoms with van der Waals surface area (Å²) in [7, 11) is 0. The van der Waals surface area contributed by atoms with E-state index in [0.29, 0.717) is 17.2 Å². The second-order valence-electron chi connectivity index (χ2n) is 2.24. The van der Waals surface area contributed by atoms with Gasteiger partial charge in [0.1, 0.15) is 11.9 Å². The van der Waals surface area contributed by atoms with Crippen molar-refractivity contribution in [1.82, 2.24) is 4.98 Å². The standard InChI is InChI=1S/C7H5N3O2/c8-2-4-1-5-7(10-6(4)9)12-3-11-5/h1H,3H2,(H2,9,10). The quantitative estimate of drug-likeness (QED) is 0.593. The summed E-state index contributed by atoms with van der Waals surface area (Å²) in [6.45, 7) is 0.136. The predicted octanol–water partition coefficient (Wildman–Crippen LogP) is 0.264. The lowest BCUT2D eigenvalue weighted by Gasteiger charge is -1.97. The topological polar surface area (TPSA) is 81.2 Å². The molecule has 0 unspecified atom stereocenters.